The summed E-state index contributed by atoms with van der Waals surface area (Å²) in [5, 5.41) is 23.0. The maximum atomic E-state index is 11.4. The van der Waals surface area contributed by atoms with Crippen LogP contribution in [0.3, 0.4) is 0 Å². The first-order valence-corrected chi connectivity index (χ1v) is 6.35. The van der Waals surface area contributed by atoms with Crippen LogP contribution in [0.25, 0.3) is 0 Å². The Hall–Kier alpha value is -2.60. The highest BCUT2D eigenvalue weighted by Gasteiger charge is 2.25. The number of para-hydroxylation sites is 1. The Kier molecular flexibility index (Phi) is 4.39. The molecule has 0 aromatic heterocycles. The van der Waals surface area contributed by atoms with Gasteiger partial charge in [0.05, 0.1) is 4.92 Å². The topological polar surface area (TPSA) is 92.5 Å². The minimum Gasteiger partial charge on any atom is -0.479 e. The fourth-order valence-corrected chi connectivity index (χ4v) is 2.15. The number of nitro benzene ring substituents is 1. The van der Waals surface area contributed by atoms with Gasteiger partial charge in [-0.3, -0.25) is 10.1 Å². The van der Waals surface area contributed by atoms with Crippen LogP contribution >= 0.6 is 11.6 Å². The van der Waals surface area contributed by atoms with E-state index in [4.69, 9.17) is 11.6 Å². The maximum absolute atomic E-state index is 11.4. The molecule has 108 valence electrons. The summed E-state index contributed by atoms with van der Waals surface area (Å²) in [5.74, 6) is -1.14. The van der Waals surface area contributed by atoms with Gasteiger partial charge in [0.1, 0.15) is 10.7 Å². The lowest BCUT2D eigenvalue weighted by atomic mass is 10.1. The van der Waals surface area contributed by atoms with Gasteiger partial charge < -0.3 is 10.4 Å². The third-order valence-electron chi connectivity index (χ3n) is 2.85. The Morgan fingerprint density at radius 3 is 2.43 bits per heavy atom. The molecule has 0 radical (unpaired) electrons. The smallest absolute Gasteiger partial charge is 0.330 e. The minimum atomic E-state index is -1.14. The molecule has 2 aromatic carbocycles. The molecule has 2 N–H and O–H groups in total. The number of nitro groups is 1. The van der Waals surface area contributed by atoms with E-state index in [1.54, 1.807) is 30.3 Å². The second kappa shape index (κ2) is 6.23. The average molecular weight is 307 g/mol. The summed E-state index contributed by atoms with van der Waals surface area (Å²) in [6, 6.07) is 11.6. The summed E-state index contributed by atoms with van der Waals surface area (Å²) in [6.45, 7) is 0. The fraction of sp³-hybridized carbons (Fsp3) is 0.0714. The summed E-state index contributed by atoms with van der Waals surface area (Å²) in [5.41, 5.74) is 0.198. The molecule has 0 heterocycles. The zero-order valence-corrected chi connectivity index (χ0v) is 11.4. The van der Waals surface area contributed by atoms with Crippen LogP contribution in [-0.4, -0.2) is 16.0 Å². The molecule has 0 amide bonds. The molecule has 21 heavy (non-hydrogen) atoms. The standard InChI is InChI=1S/C14H11ClN2O4/c15-10-7-4-8-11(13(10)17(20)21)16-12(14(18)19)9-5-2-1-3-6-9/h1-8,12,16H,(H,18,19). The Morgan fingerprint density at radius 2 is 1.86 bits per heavy atom. The number of benzene rings is 2. The third kappa shape index (κ3) is 3.29. The van der Waals surface area contributed by atoms with Crippen LogP contribution in [0.15, 0.2) is 48.5 Å². The zero-order valence-electron chi connectivity index (χ0n) is 10.7. The van der Waals surface area contributed by atoms with Crippen LogP contribution in [0.1, 0.15) is 11.6 Å². The van der Waals surface area contributed by atoms with Crippen LogP contribution in [0, 0.1) is 10.1 Å². The van der Waals surface area contributed by atoms with E-state index in [1.807, 2.05) is 0 Å². The highest BCUT2D eigenvalue weighted by molar-refractivity contribution is 6.33. The molecule has 6 nitrogen and oxygen atoms in total. The van der Waals surface area contributed by atoms with Crippen LogP contribution in [-0.2, 0) is 4.79 Å². The molecule has 0 fully saturated rings. The quantitative estimate of drug-likeness (QED) is 0.651. The monoisotopic (exact) mass is 306 g/mol. The largest absolute Gasteiger partial charge is 0.479 e. The second-order valence-corrected chi connectivity index (χ2v) is 4.63. The molecule has 2 aromatic rings. The van der Waals surface area contributed by atoms with Gasteiger partial charge in [-0.15, -0.1) is 0 Å². The number of hydrogen-bond donors (Lipinski definition) is 2. The fourth-order valence-electron chi connectivity index (χ4n) is 1.91. The van der Waals surface area contributed by atoms with Crippen LogP contribution < -0.4 is 5.32 Å². The molecule has 7 heteroatoms. The van der Waals surface area contributed by atoms with E-state index in [9.17, 15) is 20.0 Å². The second-order valence-electron chi connectivity index (χ2n) is 4.22. The predicted molar refractivity (Wildman–Crippen MR) is 78.5 cm³/mol. The highest BCUT2D eigenvalue weighted by Crippen LogP contribution is 2.34. The Bertz CT molecular complexity index is 676. The molecule has 0 saturated carbocycles. The Labute approximate surface area is 125 Å². The molecular formula is C14H11ClN2O4. The number of carboxylic acid groups (broad SMARTS) is 1. The van der Waals surface area contributed by atoms with Crippen molar-refractivity contribution in [2.45, 2.75) is 6.04 Å². The molecule has 0 aliphatic carbocycles. The van der Waals surface area contributed by atoms with Gasteiger partial charge in [-0.05, 0) is 17.7 Å². The molecule has 0 spiro atoms. The van der Waals surface area contributed by atoms with Gasteiger partial charge in [0, 0.05) is 0 Å². The molecule has 0 aliphatic rings. The van der Waals surface area contributed by atoms with Crippen molar-refractivity contribution in [2.24, 2.45) is 0 Å². The van der Waals surface area contributed by atoms with Gasteiger partial charge in [0.15, 0.2) is 6.04 Å². The Balaban J connectivity index is 2.41. The van der Waals surface area contributed by atoms with Gasteiger partial charge in [0.25, 0.3) is 0 Å². The molecule has 0 saturated heterocycles. The molecule has 2 rings (SSSR count). The summed E-state index contributed by atoms with van der Waals surface area (Å²) < 4.78 is 0. The van der Waals surface area contributed by atoms with E-state index >= 15 is 0 Å². The van der Waals surface area contributed by atoms with Gasteiger partial charge in [-0.1, -0.05) is 48.0 Å². The normalized spacial score (nSPS) is 11.7. The number of aliphatic carboxylic acids is 1. The van der Waals surface area contributed by atoms with Crippen molar-refractivity contribution < 1.29 is 14.8 Å². The first kappa shape index (κ1) is 14.8. The molecule has 0 aliphatic heterocycles. The van der Waals surface area contributed by atoms with E-state index in [1.165, 1.54) is 18.2 Å². The van der Waals surface area contributed by atoms with E-state index in [0.717, 1.165) is 0 Å². The number of carbonyl (C=O) groups is 1. The van der Waals surface area contributed by atoms with Gasteiger partial charge in [0.2, 0.25) is 0 Å². The Morgan fingerprint density at radius 1 is 1.19 bits per heavy atom. The van der Waals surface area contributed by atoms with Crippen molar-refractivity contribution >= 4 is 28.9 Å². The average Bonchev–Trinajstić information content (AvgIpc) is 2.45. The van der Waals surface area contributed by atoms with Crippen molar-refractivity contribution in [2.75, 3.05) is 5.32 Å². The number of nitrogens with zero attached hydrogens (tertiary/aromatic N) is 1. The predicted octanol–water partition coefficient (Wildman–Crippen LogP) is 3.49. The van der Waals surface area contributed by atoms with Crippen molar-refractivity contribution in [1.29, 1.82) is 0 Å². The molecular weight excluding hydrogens is 296 g/mol. The van der Waals surface area contributed by atoms with E-state index in [0.29, 0.717) is 5.56 Å². The molecule has 0 bridgehead atoms. The van der Waals surface area contributed by atoms with E-state index < -0.39 is 16.9 Å². The third-order valence-corrected chi connectivity index (χ3v) is 3.15. The first-order valence-electron chi connectivity index (χ1n) is 5.98. The summed E-state index contributed by atoms with van der Waals surface area (Å²) >= 11 is 5.80. The van der Waals surface area contributed by atoms with Crippen molar-refractivity contribution in [1.82, 2.24) is 0 Å². The zero-order chi connectivity index (χ0) is 15.4. The van der Waals surface area contributed by atoms with Crippen LogP contribution in [0.4, 0.5) is 11.4 Å². The summed E-state index contributed by atoms with van der Waals surface area (Å²) in [6.07, 6.45) is 0. The lowest BCUT2D eigenvalue weighted by Crippen LogP contribution is -2.21. The SMILES string of the molecule is O=C(O)C(Nc1cccc(Cl)c1[N+](=O)[O-])c1ccccc1. The van der Waals surface area contributed by atoms with Crippen molar-refractivity contribution in [3.63, 3.8) is 0 Å². The minimum absolute atomic E-state index is 0.0535. The number of anilines is 1. The number of carboxylic acids is 1. The highest BCUT2D eigenvalue weighted by atomic mass is 35.5. The van der Waals surface area contributed by atoms with Crippen LogP contribution in [0.2, 0.25) is 5.02 Å². The van der Waals surface area contributed by atoms with Gasteiger partial charge >= 0.3 is 11.7 Å². The lowest BCUT2D eigenvalue weighted by Gasteiger charge is -2.16. The van der Waals surface area contributed by atoms with Gasteiger partial charge in [-0.25, -0.2) is 4.79 Å². The van der Waals surface area contributed by atoms with E-state index in [2.05, 4.69) is 5.32 Å². The van der Waals surface area contributed by atoms with E-state index in [-0.39, 0.29) is 16.4 Å². The van der Waals surface area contributed by atoms with Crippen LogP contribution in [0.5, 0.6) is 0 Å². The molecule has 1 atom stereocenters. The molecule has 1 unspecified atom stereocenters. The lowest BCUT2D eigenvalue weighted by molar-refractivity contribution is -0.383. The number of rotatable bonds is 5. The number of nitrogens with one attached hydrogen (secondary N) is 1. The van der Waals surface area contributed by atoms with Gasteiger partial charge in [-0.2, -0.15) is 0 Å². The summed E-state index contributed by atoms with van der Waals surface area (Å²) in [7, 11) is 0. The maximum Gasteiger partial charge on any atom is 0.330 e. The summed E-state index contributed by atoms with van der Waals surface area (Å²) in [4.78, 5) is 21.8. The van der Waals surface area contributed by atoms with Crippen molar-refractivity contribution in [3.05, 3.63) is 69.2 Å². The number of hydrogen-bond acceptors (Lipinski definition) is 4. The first-order chi connectivity index (χ1) is 10.0. The number of halogens is 1. The van der Waals surface area contributed by atoms with Crippen molar-refractivity contribution in [3.8, 4) is 0 Å².